The molecule has 0 atom stereocenters. The third-order valence-corrected chi connectivity index (χ3v) is 6.10. The standard InChI is InChI=1S/C21H18N2O5S/c24-21(25)15-11-14-5-3-8-18(14)19(12-15)29(26,27)23-16-6-4-7-17(13-16)28-20-9-1-2-10-22-20/h1-2,4,6-7,9-13,23H,3,5,8H2,(H,24,25). The van der Waals surface area contributed by atoms with Crippen LogP contribution < -0.4 is 9.46 Å². The Bertz CT molecular complexity index is 1180. The summed E-state index contributed by atoms with van der Waals surface area (Å²) in [6, 6.07) is 14.5. The van der Waals surface area contributed by atoms with Gasteiger partial charge in [0, 0.05) is 18.3 Å². The highest BCUT2D eigenvalue weighted by Crippen LogP contribution is 2.32. The lowest BCUT2D eigenvalue weighted by Crippen LogP contribution is -2.16. The van der Waals surface area contributed by atoms with Gasteiger partial charge in [-0.25, -0.2) is 18.2 Å². The lowest BCUT2D eigenvalue weighted by atomic mass is 10.1. The Labute approximate surface area is 168 Å². The molecule has 1 aliphatic rings. The summed E-state index contributed by atoms with van der Waals surface area (Å²) in [5.41, 5.74) is 1.74. The van der Waals surface area contributed by atoms with E-state index in [0.717, 1.165) is 12.0 Å². The molecule has 1 aliphatic carbocycles. The molecule has 2 aromatic carbocycles. The number of anilines is 1. The minimum atomic E-state index is -3.97. The Kier molecular flexibility index (Phi) is 4.94. The molecule has 4 rings (SSSR count). The van der Waals surface area contributed by atoms with Crippen LogP contribution in [0, 0.1) is 0 Å². The summed E-state index contributed by atoms with van der Waals surface area (Å²) < 4.78 is 34.3. The number of fused-ring (bicyclic) bond motifs is 1. The topological polar surface area (TPSA) is 106 Å². The summed E-state index contributed by atoms with van der Waals surface area (Å²) in [4.78, 5) is 15.5. The van der Waals surface area contributed by atoms with Crippen LogP contribution >= 0.6 is 0 Å². The Morgan fingerprint density at radius 3 is 2.69 bits per heavy atom. The van der Waals surface area contributed by atoms with Gasteiger partial charge in [0.1, 0.15) is 5.75 Å². The molecule has 3 aromatic rings. The van der Waals surface area contributed by atoms with Crippen molar-refractivity contribution in [2.24, 2.45) is 0 Å². The van der Waals surface area contributed by atoms with Gasteiger partial charge in [-0.1, -0.05) is 12.1 Å². The number of carboxylic acids is 1. The van der Waals surface area contributed by atoms with Crippen molar-refractivity contribution in [3.05, 3.63) is 77.5 Å². The Balaban J connectivity index is 1.65. The van der Waals surface area contributed by atoms with Crippen molar-refractivity contribution in [1.29, 1.82) is 0 Å². The molecule has 1 aromatic heterocycles. The molecule has 0 unspecified atom stereocenters. The fraction of sp³-hybridized carbons (Fsp3) is 0.143. The highest BCUT2D eigenvalue weighted by atomic mass is 32.2. The van der Waals surface area contributed by atoms with E-state index in [1.807, 2.05) is 0 Å². The molecule has 0 radical (unpaired) electrons. The van der Waals surface area contributed by atoms with E-state index in [1.54, 1.807) is 54.7 Å². The quantitative estimate of drug-likeness (QED) is 0.639. The van der Waals surface area contributed by atoms with Gasteiger partial charge in [-0.2, -0.15) is 0 Å². The number of aromatic carboxylic acids is 1. The van der Waals surface area contributed by atoms with Crippen molar-refractivity contribution in [2.45, 2.75) is 24.2 Å². The van der Waals surface area contributed by atoms with Crippen LogP contribution in [0.15, 0.2) is 65.7 Å². The number of ether oxygens (including phenoxy) is 1. The maximum absolute atomic E-state index is 13.0. The van der Waals surface area contributed by atoms with Crippen molar-refractivity contribution >= 4 is 21.7 Å². The molecule has 1 heterocycles. The van der Waals surface area contributed by atoms with Crippen LogP contribution in [0.25, 0.3) is 0 Å². The largest absolute Gasteiger partial charge is 0.478 e. The van der Waals surface area contributed by atoms with Gasteiger partial charge in [-0.05, 0) is 60.7 Å². The number of aromatic nitrogens is 1. The number of aryl methyl sites for hydroxylation is 1. The number of nitrogens with one attached hydrogen (secondary N) is 1. The average molecular weight is 410 g/mol. The molecule has 29 heavy (non-hydrogen) atoms. The van der Waals surface area contributed by atoms with Gasteiger partial charge in [0.15, 0.2) is 0 Å². The van der Waals surface area contributed by atoms with E-state index in [-0.39, 0.29) is 10.5 Å². The van der Waals surface area contributed by atoms with Crippen LogP contribution in [0.1, 0.15) is 27.9 Å². The van der Waals surface area contributed by atoms with Gasteiger partial charge in [0.25, 0.3) is 10.0 Å². The fourth-order valence-corrected chi connectivity index (χ4v) is 4.78. The molecule has 8 heteroatoms. The van der Waals surface area contributed by atoms with Crippen LogP contribution in [-0.4, -0.2) is 24.5 Å². The van der Waals surface area contributed by atoms with Crippen molar-refractivity contribution in [1.82, 2.24) is 4.98 Å². The molecule has 0 saturated carbocycles. The average Bonchev–Trinajstić information content (AvgIpc) is 3.16. The molecule has 0 amide bonds. The van der Waals surface area contributed by atoms with Gasteiger partial charge in [0.05, 0.1) is 16.1 Å². The number of rotatable bonds is 6. The number of hydrogen-bond donors (Lipinski definition) is 2. The highest BCUT2D eigenvalue weighted by Gasteiger charge is 2.26. The zero-order chi connectivity index (χ0) is 20.4. The van der Waals surface area contributed by atoms with E-state index in [0.29, 0.717) is 35.7 Å². The molecule has 2 N–H and O–H groups in total. The molecule has 0 aliphatic heterocycles. The predicted octanol–water partition coefficient (Wildman–Crippen LogP) is 3.86. The number of pyridine rings is 1. The van der Waals surface area contributed by atoms with Crippen LogP contribution in [-0.2, 0) is 22.9 Å². The Hall–Kier alpha value is -3.39. The molecule has 7 nitrogen and oxygen atoms in total. The summed E-state index contributed by atoms with van der Waals surface area (Å²) in [6.45, 7) is 0. The van der Waals surface area contributed by atoms with E-state index in [4.69, 9.17) is 4.74 Å². The Morgan fingerprint density at radius 2 is 1.93 bits per heavy atom. The van der Waals surface area contributed by atoms with E-state index >= 15 is 0 Å². The summed E-state index contributed by atoms with van der Waals surface area (Å²) in [6.07, 6.45) is 3.67. The maximum atomic E-state index is 13.0. The smallest absolute Gasteiger partial charge is 0.335 e. The van der Waals surface area contributed by atoms with Crippen molar-refractivity contribution in [3.8, 4) is 11.6 Å². The number of nitrogens with zero attached hydrogens (tertiary/aromatic N) is 1. The molecular weight excluding hydrogens is 392 g/mol. The predicted molar refractivity (Wildman–Crippen MR) is 107 cm³/mol. The minimum absolute atomic E-state index is 0.0148. The van der Waals surface area contributed by atoms with E-state index in [1.165, 1.54) is 6.07 Å². The summed E-state index contributed by atoms with van der Waals surface area (Å²) in [7, 11) is -3.97. The zero-order valence-electron chi connectivity index (χ0n) is 15.3. The first-order valence-electron chi connectivity index (χ1n) is 9.03. The second-order valence-corrected chi connectivity index (χ2v) is 8.32. The minimum Gasteiger partial charge on any atom is -0.478 e. The third kappa shape index (κ3) is 4.07. The number of hydrogen-bond acceptors (Lipinski definition) is 5. The van der Waals surface area contributed by atoms with Crippen molar-refractivity contribution in [3.63, 3.8) is 0 Å². The van der Waals surface area contributed by atoms with Gasteiger partial charge < -0.3 is 9.84 Å². The van der Waals surface area contributed by atoms with Crippen LogP contribution in [0.5, 0.6) is 11.6 Å². The first kappa shape index (κ1) is 18.9. The number of benzene rings is 2. The second-order valence-electron chi connectivity index (χ2n) is 6.67. The normalized spacial score (nSPS) is 13.0. The van der Waals surface area contributed by atoms with Crippen molar-refractivity contribution < 1.29 is 23.1 Å². The van der Waals surface area contributed by atoms with Gasteiger partial charge in [0.2, 0.25) is 5.88 Å². The fourth-order valence-electron chi connectivity index (χ4n) is 3.39. The third-order valence-electron chi connectivity index (χ3n) is 4.66. The molecule has 148 valence electrons. The molecule has 0 bridgehead atoms. The van der Waals surface area contributed by atoms with Crippen molar-refractivity contribution in [2.75, 3.05) is 4.72 Å². The highest BCUT2D eigenvalue weighted by molar-refractivity contribution is 7.92. The van der Waals surface area contributed by atoms with Gasteiger partial charge in [-0.15, -0.1) is 0 Å². The summed E-state index contributed by atoms with van der Waals surface area (Å²) >= 11 is 0. The molecule has 0 fully saturated rings. The van der Waals surface area contributed by atoms with Crippen LogP contribution in [0.2, 0.25) is 0 Å². The first-order valence-corrected chi connectivity index (χ1v) is 10.5. The maximum Gasteiger partial charge on any atom is 0.335 e. The first-order chi connectivity index (χ1) is 13.9. The van der Waals surface area contributed by atoms with Crippen LogP contribution in [0.4, 0.5) is 5.69 Å². The van der Waals surface area contributed by atoms with E-state index < -0.39 is 16.0 Å². The lowest BCUT2D eigenvalue weighted by molar-refractivity contribution is 0.0696. The Morgan fingerprint density at radius 1 is 1.07 bits per heavy atom. The monoisotopic (exact) mass is 410 g/mol. The second kappa shape index (κ2) is 7.56. The van der Waals surface area contributed by atoms with Crippen LogP contribution in [0.3, 0.4) is 0 Å². The zero-order valence-corrected chi connectivity index (χ0v) is 16.1. The van der Waals surface area contributed by atoms with Gasteiger partial charge in [-0.3, -0.25) is 4.72 Å². The number of carbonyl (C=O) groups is 1. The number of carboxylic acid groups (broad SMARTS) is 1. The lowest BCUT2D eigenvalue weighted by Gasteiger charge is -2.14. The van der Waals surface area contributed by atoms with E-state index in [2.05, 4.69) is 9.71 Å². The molecule has 0 spiro atoms. The SMILES string of the molecule is O=C(O)c1cc2c(c(S(=O)(=O)Nc3cccc(Oc4ccccn4)c3)c1)CCC2. The summed E-state index contributed by atoms with van der Waals surface area (Å²) in [5, 5.41) is 9.33. The van der Waals surface area contributed by atoms with Gasteiger partial charge >= 0.3 is 5.97 Å². The van der Waals surface area contributed by atoms with E-state index in [9.17, 15) is 18.3 Å². The number of sulfonamides is 1. The molecular formula is C21H18N2O5S. The molecule has 0 saturated heterocycles. The summed E-state index contributed by atoms with van der Waals surface area (Å²) in [5.74, 6) is -0.338.